The number of rotatable bonds is 3. The third kappa shape index (κ3) is 3.93. The van der Waals surface area contributed by atoms with Gasteiger partial charge in [0.25, 0.3) is 0 Å². The van der Waals surface area contributed by atoms with E-state index in [1.807, 2.05) is 0 Å². The predicted molar refractivity (Wildman–Crippen MR) is 213 cm³/mol. The number of amidine groups is 1. The highest BCUT2D eigenvalue weighted by Gasteiger charge is 2.45. The van der Waals surface area contributed by atoms with Crippen LogP contribution in [0.2, 0.25) is 0 Å². The van der Waals surface area contributed by atoms with Gasteiger partial charge >= 0.3 is 0 Å². The third-order valence-electron chi connectivity index (χ3n) is 11.3. The molecule has 0 saturated heterocycles. The number of hydrogen-bond acceptors (Lipinski definition) is 2. The van der Waals surface area contributed by atoms with E-state index in [1.54, 1.807) is 0 Å². The summed E-state index contributed by atoms with van der Waals surface area (Å²) >= 11 is 0. The van der Waals surface area contributed by atoms with Crippen LogP contribution in [0.1, 0.15) is 36.7 Å². The molecule has 0 unspecified atom stereocenters. The zero-order valence-electron chi connectivity index (χ0n) is 28.4. The molecule has 3 heterocycles. The van der Waals surface area contributed by atoms with Crippen LogP contribution >= 0.6 is 0 Å². The summed E-state index contributed by atoms with van der Waals surface area (Å²) < 4.78 is 4.87. The maximum atomic E-state index is 5.75. The van der Waals surface area contributed by atoms with Gasteiger partial charge in [-0.1, -0.05) is 117 Å². The van der Waals surface area contributed by atoms with E-state index < -0.39 is 0 Å². The van der Waals surface area contributed by atoms with Crippen LogP contribution in [-0.4, -0.2) is 15.0 Å². The predicted octanol–water partition coefficient (Wildman–Crippen LogP) is 11.3. The number of benzene rings is 7. The average molecular weight is 655 g/mol. The Labute approximate surface area is 295 Å². The molecule has 0 radical (unpaired) electrons. The molecule has 0 saturated carbocycles. The summed E-state index contributed by atoms with van der Waals surface area (Å²) in [4.78, 5) is 5.75. The molecule has 7 aromatic carbocycles. The number of para-hydroxylation sites is 3. The average Bonchev–Trinajstić information content (AvgIpc) is 3.76. The summed E-state index contributed by atoms with van der Waals surface area (Å²) in [5.41, 5.74) is 11.8. The fourth-order valence-corrected chi connectivity index (χ4v) is 9.03. The molecule has 4 nitrogen and oxygen atoms in total. The SMILES string of the molecule is CC1(C)C2=C(NC(c3ccc4c(c3)c3ccccc3n4-c3ccccc3)=N[C@@H]2n2c3ccccc3c3cc4ccccc4cc32)c2ccccc21. The van der Waals surface area contributed by atoms with Crippen molar-refractivity contribution in [2.75, 3.05) is 0 Å². The Bertz CT molecular complexity index is 2970. The van der Waals surface area contributed by atoms with Gasteiger partial charge in [0.1, 0.15) is 5.84 Å². The van der Waals surface area contributed by atoms with Crippen LogP contribution in [0.15, 0.2) is 168 Å². The minimum Gasteiger partial charge on any atom is -0.339 e. The molecule has 51 heavy (non-hydrogen) atoms. The highest BCUT2D eigenvalue weighted by Crippen LogP contribution is 2.53. The lowest BCUT2D eigenvalue weighted by molar-refractivity contribution is 0.511. The maximum absolute atomic E-state index is 5.75. The van der Waals surface area contributed by atoms with Crippen LogP contribution in [0, 0.1) is 0 Å². The van der Waals surface area contributed by atoms with Gasteiger partial charge in [-0.05, 0) is 70.9 Å². The molecule has 0 spiro atoms. The molecule has 9 aromatic rings. The number of nitrogens with zero attached hydrogens (tertiary/aromatic N) is 3. The monoisotopic (exact) mass is 654 g/mol. The van der Waals surface area contributed by atoms with Crippen molar-refractivity contribution in [1.82, 2.24) is 14.5 Å². The first-order valence-corrected chi connectivity index (χ1v) is 17.8. The molecule has 0 bridgehead atoms. The summed E-state index contributed by atoms with van der Waals surface area (Å²) in [6, 6.07) is 57.3. The van der Waals surface area contributed by atoms with Crippen LogP contribution < -0.4 is 5.32 Å². The van der Waals surface area contributed by atoms with Crippen LogP contribution in [0.25, 0.3) is 65.8 Å². The number of hydrogen-bond donors (Lipinski definition) is 1. The quantitative estimate of drug-likeness (QED) is 0.202. The minimum absolute atomic E-state index is 0.236. The highest BCUT2D eigenvalue weighted by atomic mass is 15.2. The molecule has 4 heteroatoms. The smallest absolute Gasteiger partial charge is 0.152 e. The summed E-state index contributed by atoms with van der Waals surface area (Å²) in [6.07, 6.45) is -0.261. The first-order chi connectivity index (χ1) is 25.1. The van der Waals surface area contributed by atoms with E-state index in [4.69, 9.17) is 4.99 Å². The van der Waals surface area contributed by atoms with Crippen LogP contribution in [0.3, 0.4) is 0 Å². The number of nitrogens with one attached hydrogen (secondary N) is 1. The van der Waals surface area contributed by atoms with Crippen molar-refractivity contribution >= 4 is 65.9 Å². The summed E-state index contributed by atoms with van der Waals surface area (Å²) in [5.74, 6) is 0.886. The lowest BCUT2D eigenvalue weighted by atomic mass is 9.79. The fraction of sp³-hybridized carbons (Fsp3) is 0.0851. The van der Waals surface area contributed by atoms with Crippen molar-refractivity contribution in [1.29, 1.82) is 0 Å². The minimum atomic E-state index is -0.261. The maximum Gasteiger partial charge on any atom is 0.152 e. The van der Waals surface area contributed by atoms with Crippen molar-refractivity contribution in [3.8, 4) is 5.69 Å². The van der Waals surface area contributed by atoms with Crippen molar-refractivity contribution < 1.29 is 0 Å². The Morgan fingerprint density at radius 3 is 2.00 bits per heavy atom. The van der Waals surface area contributed by atoms with Crippen LogP contribution in [-0.2, 0) is 5.41 Å². The van der Waals surface area contributed by atoms with Gasteiger partial charge in [-0.2, -0.15) is 0 Å². The lowest BCUT2D eigenvalue weighted by Gasteiger charge is -2.34. The third-order valence-corrected chi connectivity index (χ3v) is 11.3. The van der Waals surface area contributed by atoms with E-state index in [2.05, 4.69) is 186 Å². The van der Waals surface area contributed by atoms with Gasteiger partial charge in [-0.25, -0.2) is 4.99 Å². The Balaban J connectivity index is 1.19. The normalized spacial score (nSPS) is 16.6. The van der Waals surface area contributed by atoms with Gasteiger partial charge in [0, 0.05) is 49.3 Å². The summed E-state index contributed by atoms with van der Waals surface area (Å²) in [7, 11) is 0. The van der Waals surface area contributed by atoms with E-state index in [1.165, 1.54) is 76.8 Å². The van der Waals surface area contributed by atoms with Gasteiger partial charge in [-0.15, -0.1) is 0 Å². The Hall–Kier alpha value is -6.39. The van der Waals surface area contributed by atoms with E-state index in [-0.39, 0.29) is 11.6 Å². The number of fused-ring (bicyclic) bond motifs is 9. The second-order valence-electron chi connectivity index (χ2n) is 14.5. The first kappa shape index (κ1) is 28.4. The molecule has 1 aliphatic carbocycles. The molecule has 1 aliphatic heterocycles. The molecule has 1 N–H and O–H groups in total. The summed E-state index contributed by atoms with van der Waals surface area (Å²) in [5, 5.41) is 11.3. The van der Waals surface area contributed by atoms with Crippen molar-refractivity contribution in [3.63, 3.8) is 0 Å². The molecule has 0 amide bonds. The lowest BCUT2D eigenvalue weighted by Crippen LogP contribution is -2.34. The van der Waals surface area contributed by atoms with E-state index in [9.17, 15) is 0 Å². The van der Waals surface area contributed by atoms with Crippen molar-refractivity contribution in [3.05, 3.63) is 180 Å². The molecule has 2 aliphatic rings. The number of aromatic nitrogens is 2. The second-order valence-corrected chi connectivity index (χ2v) is 14.5. The van der Waals surface area contributed by atoms with Gasteiger partial charge < -0.3 is 14.5 Å². The van der Waals surface area contributed by atoms with Gasteiger partial charge in [-0.3, -0.25) is 0 Å². The Morgan fingerprint density at radius 1 is 0.549 bits per heavy atom. The topological polar surface area (TPSA) is 34.2 Å². The Morgan fingerprint density at radius 2 is 1.18 bits per heavy atom. The summed E-state index contributed by atoms with van der Waals surface area (Å²) in [6.45, 7) is 4.72. The van der Waals surface area contributed by atoms with Crippen molar-refractivity contribution in [2.45, 2.75) is 25.4 Å². The molecule has 1 atom stereocenters. The van der Waals surface area contributed by atoms with Gasteiger partial charge in [0.05, 0.1) is 27.8 Å². The molecular weight excluding hydrogens is 621 g/mol. The molecule has 2 aromatic heterocycles. The van der Waals surface area contributed by atoms with E-state index in [0.717, 1.165) is 17.1 Å². The largest absolute Gasteiger partial charge is 0.339 e. The molecule has 242 valence electrons. The zero-order valence-corrected chi connectivity index (χ0v) is 28.4. The zero-order chi connectivity index (χ0) is 33.8. The molecule has 0 fully saturated rings. The van der Waals surface area contributed by atoms with E-state index >= 15 is 0 Å². The standard InChI is InChI=1S/C47H34N4/c1-47(2)38-21-11-8-20-35(38)44-43(47)46(51-40-23-13-10-19-34(40)37-26-29-14-6-7-15-30(29)28-42(37)51)49-45(48-44)31-24-25-41-36(27-31)33-18-9-12-22-39(33)50(41)32-16-4-3-5-17-32/h3-28,46H,1-2H3,(H,48,49)/t46-/m1/s1. The second kappa shape index (κ2) is 10.3. The van der Waals surface area contributed by atoms with Gasteiger partial charge in [0.2, 0.25) is 0 Å². The van der Waals surface area contributed by atoms with Gasteiger partial charge in [0.15, 0.2) is 6.17 Å². The van der Waals surface area contributed by atoms with Crippen LogP contribution in [0.4, 0.5) is 0 Å². The molecule has 11 rings (SSSR count). The van der Waals surface area contributed by atoms with E-state index in [0.29, 0.717) is 0 Å². The van der Waals surface area contributed by atoms with Crippen LogP contribution in [0.5, 0.6) is 0 Å². The number of aliphatic imine (C=N–C) groups is 1. The van der Waals surface area contributed by atoms with Crippen molar-refractivity contribution in [2.24, 2.45) is 4.99 Å². The molecular formula is C47H34N4. The highest BCUT2D eigenvalue weighted by molar-refractivity contribution is 6.15. The Kier molecular flexibility index (Phi) is 5.75. The fourth-order valence-electron chi connectivity index (χ4n) is 9.03. The first-order valence-electron chi connectivity index (χ1n) is 17.8.